The van der Waals surface area contributed by atoms with Gasteiger partial charge in [-0.05, 0) is 98.4 Å². The van der Waals surface area contributed by atoms with Gasteiger partial charge < -0.3 is 0 Å². The molecule has 0 aromatic carbocycles. The molecule has 0 radical (unpaired) electrons. The number of thioether (sulfide) groups is 1. The van der Waals surface area contributed by atoms with Crippen LogP contribution in [0.3, 0.4) is 0 Å². The summed E-state index contributed by atoms with van der Waals surface area (Å²) in [6, 6.07) is 0. The van der Waals surface area contributed by atoms with Gasteiger partial charge in [0.2, 0.25) is 0 Å². The third kappa shape index (κ3) is 2.93. The lowest BCUT2D eigenvalue weighted by atomic mass is 9.86. The van der Waals surface area contributed by atoms with E-state index in [1.54, 1.807) is 25.7 Å². The van der Waals surface area contributed by atoms with Crippen molar-refractivity contribution in [3.63, 3.8) is 0 Å². The van der Waals surface area contributed by atoms with Crippen LogP contribution in [0.1, 0.15) is 51.4 Å². The Balaban J connectivity index is 1.28. The van der Waals surface area contributed by atoms with E-state index >= 15 is 0 Å². The maximum atomic E-state index is 4.45. The predicted molar refractivity (Wildman–Crippen MR) is 101 cm³/mol. The summed E-state index contributed by atoms with van der Waals surface area (Å²) < 4.78 is 0. The molecule has 4 fully saturated rings. The largest absolute Gasteiger partial charge is 0.179 e. The van der Waals surface area contributed by atoms with Crippen molar-refractivity contribution in [3.05, 3.63) is 0 Å². The first-order valence-corrected chi connectivity index (χ1v) is 11.4. The second-order valence-corrected chi connectivity index (χ2v) is 10.6. The van der Waals surface area contributed by atoms with Gasteiger partial charge in [-0.1, -0.05) is 0 Å². The predicted octanol–water partition coefficient (Wildman–Crippen LogP) is 5.19. The molecule has 0 N–H and O–H groups in total. The van der Waals surface area contributed by atoms with Crippen LogP contribution in [0, 0.1) is 35.5 Å². The van der Waals surface area contributed by atoms with E-state index in [9.17, 15) is 0 Å². The summed E-state index contributed by atoms with van der Waals surface area (Å²) in [6.07, 6.45) is 12.0. The quantitative estimate of drug-likeness (QED) is 0.626. The van der Waals surface area contributed by atoms with E-state index in [2.05, 4.69) is 37.0 Å². The molecular weight excluding hydrogens is 312 g/mol. The number of rotatable bonds is 6. The van der Waals surface area contributed by atoms with Crippen molar-refractivity contribution < 1.29 is 0 Å². The van der Waals surface area contributed by atoms with Crippen LogP contribution < -0.4 is 0 Å². The standard InChI is InChI=1S/C18H30S3/c19-3-1-11-5-15-7-13(11)9-17(15)21-18-10-14-8-16(18)6-12(14)2-4-20/h11-20H,1-10H2. The second kappa shape index (κ2) is 6.51. The number of hydrogen-bond donors (Lipinski definition) is 2. The zero-order valence-electron chi connectivity index (χ0n) is 13.0. The van der Waals surface area contributed by atoms with Gasteiger partial charge in [0.05, 0.1) is 0 Å². The highest BCUT2D eigenvalue weighted by molar-refractivity contribution is 8.00. The molecule has 0 aromatic heterocycles. The molecule has 4 aliphatic rings. The topological polar surface area (TPSA) is 0 Å². The average Bonchev–Trinajstić information content (AvgIpc) is 3.20. The third-order valence-corrected chi connectivity index (χ3v) is 9.60. The molecule has 8 unspecified atom stereocenters. The maximum absolute atomic E-state index is 4.45. The van der Waals surface area contributed by atoms with Crippen LogP contribution in [-0.4, -0.2) is 22.0 Å². The molecule has 0 saturated heterocycles. The first kappa shape index (κ1) is 15.6. The van der Waals surface area contributed by atoms with Crippen LogP contribution in [0.4, 0.5) is 0 Å². The second-order valence-electron chi connectivity index (χ2n) is 8.21. The van der Waals surface area contributed by atoms with E-state index in [-0.39, 0.29) is 0 Å². The first-order valence-electron chi connectivity index (χ1n) is 9.15. The van der Waals surface area contributed by atoms with Gasteiger partial charge in [-0.3, -0.25) is 0 Å². The van der Waals surface area contributed by atoms with Gasteiger partial charge in [0.1, 0.15) is 0 Å². The Labute approximate surface area is 145 Å². The molecule has 0 nitrogen and oxygen atoms in total. The molecule has 21 heavy (non-hydrogen) atoms. The summed E-state index contributed by atoms with van der Waals surface area (Å²) in [6.45, 7) is 0. The molecule has 4 rings (SSSR count). The highest BCUT2D eigenvalue weighted by atomic mass is 32.2. The van der Waals surface area contributed by atoms with Crippen molar-refractivity contribution in [1.82, 2.24) is 0 Å². The van der Waals surface area contributed by atoms with Crippen LogP contribution in [-0.2, 0) is 0 Å². The van der Waals surface area contributed by atoms with Gasteiger partial charge in [-0.15, -0.1) is 0 Å². The van der Waals surface area contributed by atoms with Crippen molar-refractivity contribution in [2.45, 2.75) is 61.9 Å². The van der Waals surface area contributed by atoms with E-state index in [1.165, 1.54) is 25.7 Å². The summed E-state index contributed by atoms with van der Waals surface area (Å²) in [7, 11) is 0. The van der Waals surface area contributed by atoms with Gasteiger partial charge >= 0.3 is 0 Å². The van der Waals surface area contributed by atoms with E-state index in [1.807, 2.05) is 0 Å². The average molecular weight is 343 g/mol. The SMILES string of the molecule is SCCC1CC2CC1CC2SC1CC2CC1CC2CCS. The fourth-order valence-electron chi connectivity index (χ4n) is 6.28. The Morgan fingerprint density at radius 2 is 1.10 bits per heavy atom. The van der Waals surface area contributed by atoms with E-state index in [0.717, 1.165) is 57.5 Å². The number of fused-ring (bicyclic) bond motifs is 4. The molecule has 120 valence electrons. The molecular formula is C18H30S3. The minimum Gasteiger partial charge on any atom is -0.179 e. The summed E-state index contributed by atoms with van der Waals surface area (Å²) in [5.74, 6) is 8.53. The molecule has 4 saturated carbocycles. The molecule has 0 spiro atoms. The van der Waals surface area contributed by atoms with Crippen LogP contribution in [0.2, 0.25) is 0 Å². The van der Waals surface area contributed by atoms with Gasteiger partial charge in [0, 0.05) is 10.5 Å². The molecule has 4 aliphatic carbocycles. The molecule has 8 atom stereocenters. The fourth-order valence-corrected chi connectivity index (χ4v) is 9.00. The van der Waals surface area contributed by atoms with Crippen LogP contribution >= 0.6 is 37.0 Å². The Kier molecular flexibility index (Phi) is 4.83. The zero-order valence-corrected chi connectivity index (χ0v) is 15.6. The Bertz CT molecular complexity index is 337. The smallest absolute Gasteiger partial charge is 0.00811 e. The molecule has 3 heteroatoms. The van der Waals surface area contributed by atoms with Gasteiger partial charge in [0.15, 0.2) is 0 Å². The maximum Gasteiger partial charge on any atom is 0.00811 e. The van der Waals surface area contributed by atoms with Gasteiger partial charge in [0.25, 0.3) is 0 Å². The van der Waals surface area contributed by atoms with Crippen molar-refractivity contribution in [1.29, 1.82) is 0 Å². The molecule has 4 bridgehead atoms. The van der Waals surface area contributed by atoms with Crippen molar-refractivity contribution in [3.8, 4) is 0 Å². The first-order chi connectivity index (χ1) is 10.3. The highest BCUT2D eigenvalue weighted by Gasteiger charge is 2.50. The van der Waals surface area contributed by atoms with Crippen LogP contribution in [0.25, 0.3) is 0 Å². The zero-order chi connectivity index (χ0) is 14.4. The molecule has 0 aliphatic heterocycles. The lowest BCUT2D eigenvalue weighted by Gasteiger charge is -2.33. The van der Waals surface area contributed by atoms with Crippen molar-refractivity contribution in [2.75, 3.05) is 11.5 Å². The monoisotopic (exact) mass is 342 g/mol. The summed E-state index contributed by atoms with van der Waals surface area (Å²) in [5.41, 5.74) is 0. The number of thiol groups is 2. The summed E-state index contributed by atoms with van der Waals surface area (Å²) >= 11 is 11.3. The van der Waals surface area contributed by atoms with Crippen LogP contribution in [0.15, 0.2) is 0 Å². The summed E-state index contributed by atoms with van der Waals surface area (Å²) in [4.78, 5) is 0. The normalized spacial score (nSPS) is 51.1. The number of hydrogen-bond acceptors (Lipinski definition) is 3. The van der Waals surface area contributed by atoms with E-state index in [4.69, 9.17) is 0 Å². The molecule has 0 heterocycles. The molecule has 0 aromatic rings. The summed E-state index contributed by atoms with van der Waals surface area (Å²) in [5, 5.41) is 2.05. The Morgan fingerprint density at radius 3 is 1.43 bits per heavy atom. The lowest BCUT2D eigenvalue weighted by Crippen LogP contribution is -2.26. The fraction of sp³-hybridized carbons (Fsp3) is 1.00. The highest BCUT2D eigenvalue weighted by Crippen LogP contribution is 2.59. The Morgan fingerprint density at radius 1 is 0.619 bits per heavy atom. The lowest BCUT2D eigenvalue weighted by molar-refractivity contribution is 0.323. The Hall–Kier alpha value is 1.05. The van der Waals surface area contributed by atoms with Gasteiger partial charge in [-0.25, -0.2) is 0 Å². The van der Waals surface area contributed by atoms with Gasteiger partial charge in [-0.2, -0.15) is 37.0 Å². The van der Waals surface area contributed by atoms with Crippen LogP contribution in [0.5, 0.6) is 0 Å². The van der Waals surface area contributed by atoms with Crippen molar-refractivity contribution >= 4 is 37.0 Å². The minimum absolute atomic E-state index is 1.03. The minimum atomic E-state index is 1.03. The van der Waals surface area contributed by atoms with E-state index < -0.39 is 0 Å². The molecule has 0 amide bonds. The van der Waals surface area contributed by atoms with E-state index in [0.29, 0.717) is 0 Å². The third-order valence-electron chi connectivity index (χ3n) is 7.23. The van der Waals surface area contributed by atoms with Crippen molar-refractivity contribution in [2.24, 2.45) is 35.5 Å².